The highest BCUT2D eigenvalue weighted by Crippen LogP contribution is 2.31. The molecule has 0 saturated heterocycles. The Morgan fingerprint density at radius 1 is 0.925 bits per heavy atom. The van der Waals surface area contributed by atoms with Gasteiger partial charge >= 0.3 is 0 Å². The van der Waals surface area contributed by atoms with Gasteiger partial charge in [0.05, 0.1) is 10.6 Å². The van der Waals surface area contributed by atoms with Gasteiger partial charge in [0, 0.05) is 17.1 Å². The van der Waals surface area contributed by atoms with Crippen LogP contribution in [0.3, 0.4) is 0 Å². The molecule has 0 bridgehead atoms. The zero-order valence-corrected chi connectivity index (χ0v) is 25.3. The van der Waals surface area contributed by atoms with E-state index in [1.807, 2.05) is 58.0 Å². The molecule has 0 heterocycles. The van der Waals surface area contributed by atoms with Crippen LogP contribution in [-0.4, -0.2) is 49.8 Å². The van der Waals surface area contributed by atoms with E-state index in [2.05, 4.69) is 5.32 Å². The van der Waals surface area contributed by atoms with Gasteiger partial charge in [0.1, 0.15) is 12.6 Å². The van der Waals surface area contributed by atoms with Crippen molar-refractivity contribution in [3.05, 3.63) is 95.0 Å². The van der Waals surface area contributed by atoms with Gasteiger partial charge in [-0.3, -0.25) is 13.9 Å². The Labute approximate surface area is 243 Å². The summed E-state index contributed by atoms with van der Waals surface area (Å²) >= 11 is 6.38. The van der Waals surface area contributed by atoms with E-state index >= 15 is 0 Å². The minimum absolute atomic E-state index is 0.0514. The second kappa shape index (κ2) is 13.3. The molecular weight excluding hydrogens is 546 g/mol. The summed E-state index contributed by atoms with van der Waals surface area (Å²) in [5.41, 5.74) is 1.34. The number of carbonyl (C=O) groups is 2. The fourth-order valence-corrected chi connectivity index (χ4v) is 6.11. The third-order valence-electron chi connectivity index (χ3n) is 6.49. The first-order valence-corrected chi connectivity index (χ1v) is 15.1. The molecule has 7 nitrogen and oxygen atoms in total. The highest BCUT2D eigenvalue weighted by molar-refractivity contribution is 7.92. The fourth-order valence-electron chi connectivity index (χ4n) is 4.45. The Kier molecular flexibility index (Phi) is 10.4. The number of sulfonamides is 1. The Morgan fingerprint density at radius 3 is 2.10 bits per heavy atom. The van der Waals surface area contributed by atoms with E-state index in [-0.39, 0.29) is 17.3 Å². The smallest absolute Gasteiger partial charge is 0.264 e. The molecule has 0 aromatic heterocycles. The van der Waals surface area contributed by atoms with Crippen molar-refractivity contribution < 1.29 is 18.0 Å². The van der Waals surface area contributed by atoms with Crippen molar-refractivity contribution in [2.45, 2.75) is 63.9 Å². The van der Waals surface area contributed by atoms with Gasteiger partial charge in [-0.15, -0.1) is 0 Å². The SMILES string of the molecule is CC[C@@H](C(=O)NC(C)(C)C)N(CCc1ccccc1)C(=O)CN(c1cccc(Cl)c1C)S(=O)(=O)c1ccccc1. The van der Waals surface area contributed by atoms with Gasteiger partial charge in [-0.2, -0.15) is 0 Å². The fraction of sp³-hybridized carbons (Fsp3) is 0.355. The molecule has 3 rings (SSSR count). The molecule has 0 unspecified atom stereocenters. The number of nitrogens with zero attached hydrogens (tertiary/aromatic N) is 2. The first kappa shape index (κ1) is 31.2. The molecule has 3 aromatic carbocycles. The summed E-state index contributed by atoms with van der Waals surface area (Å²) in [7, 11) is -4.14. The standard InChI is InChI=1S/C31H38ClN3O4S/c1-6-27(30(37)33-31(3,4)5)34(21-20-24-14-9-7-10-15-24)29(36)22-35(28-19-13-18-26(32)23(28)2)40(38,39)25-16-11-8-12-17-25/h7-19,27H,6,20-22H2,1-5H3,(H,33,37)/t27-/m0/s1. The Bertz CT molecular complexity index is 1410. The zero-order valence-electron chi connectivity index (χ0n) is 23.7. The van der Waals surface area contributed by atoms with Gasteiger partial charge in [-0.1, -0.05) is 73.1 Å². The minimum Gasteiger partial charge on any atom is -0.350 e. The van der Waals surface area contributed by atoms with E-state index in [9.17, 15) is 18.0 Å². The summed E-state index contributed by atoms with van der Waals surface area (Å²) in [6, 6.07) is 21.8. The van der Waals surface area contributed by atoms with E-state index in [1.165, 1.54) is 17.0 Å². The molecule has 2 amide bonds. The number of hydrogen-bond donors (Lipinski definition) is 1. The lowest BCUT2D eigenvalue weighted by atomic mass is 10.1. The Balaban J connectivity index is 2.05. The molecule has 3 aromatic rings. The molecular formula is C31H38ClN3O4S. The van der Waals surface area contributed by atoms with E-state index < -0.39 is 34.1 Å². The number of halogens is 1. The quantitative estimate of drug-likeness (QED) is 0.318. The van der Waals surface area contributed by atoms with Crippen LogP contribution in [0.5, 0.6) is 0 Å². The van der Waals surface area contributed by atoms with Crippen molar-refractivity contribution in [2.75, 3.05) is 17.4 Å². The molecule has 1 atom stereocenters. The number of rotatable bonds is 11. The average Bonchev–Trinajstić information content (AvgIpc) is 2.91. The van der Waals surface area contributed by atoms with E-state index in [0.29, 0.717) is 29.1 Å². The van der Waals surface area contributed by atoms with Crippen LogP contribution in [0.1, 0.15) is 45.2 Å². The van der Waals surface area contributed by atoms with E-state index in [4.69, 9.17) is 11.6 Å². The molecule has 0 radical (unpaired) electrons. The Hall–Kier alpha value is -3.36. The predicted molar refractivity (Wildman–Crippen MR) is 161 cm³/mol. The molecule has 0 saturated carbocycles. The number of carbonyl (C=O) groups excluding carboxylic acids is 2. The van der Waals surface area contributed by atoms with Crippen molar-refractivity contribution in [3.8, 4) is 0 Å². The number of hydrogen-bond acceptors (Lipinski definition) is 4. The highest BCUT2D eigenvalue weighted by Gasteiger charge is 2.35. The van der Waals surface area contributed by atoms with Crippen LogP contribution in [0.15, 0.2) is 83.8 Å². The van der Waals surface area contributed by atoms with Crippen molar-refractivity contribution in [2.24, 2.45) is 0 Å². The third-order valence-corrected chi connectivity index (χ3v) is 8.67. The molecule has 0 aliphatic rings. The lowest BCUT2D eigenvalue weighted by Crippen LogP contribution is -2.56. The lowest BCUT2D eigenvalue weighted by Gasteiger charge is -2.35. The van der Waals surface area contributed by atoms with Crippen molar-refractivity contribution >= 4 is 39.1 Å². The number of anilines is 1. The van der Waals surface area contributed by atoms with Crippen LogP contribution in [0.25, 0.3) is 0 Å². The molecule has 0 fully saturated rings. The van der Waals surface area contributed by atoms with Crippen molar-refractivity contribution in [1.29, 1.82) is 0 Å². The molecule has 0 spiro atoms. The van der Waals surface area contributed by atoms with Gasteiger partial charge in [-0.25, -0.2) is 8.42 Å². The summed E-state index contributed by atoms with van der Waals surface area (Å²) in [6.07, 6.45) is 0.873. The van der Waals surface area contributed by atoms with Crippen LogP contribution in [-0.2, 0) is 26.0 Å². The number of amides is 2. The van der Waals surface area contributed by atoms with Crippen LogP contribution in [0, 0.1) is 6.92 Å². The van der Waals surface area contributed by atoms with Crippen molar-refractivity contribution in [1.82, 2.24) is 10.2 Å². The van der Waals surface area contributed by atoms with Gasteiger partial charge in [0.25, 0.3) is 10.0 Å². The highest BCUT2D eigenvalue weighted by atomic mass is 35.5. The summed E-state index contributed by atoms with van der Waals surface area (Å²) in [5.74, 6) is -0.765. The topological polar surface area (TPSA) is 86.8 Å². The Morgan fingerprint density at radius 2 is 1.52 bits per heavy atom. The first-order valence-electron chi connectivity index (χ1n) is 13.3. The third kappa shape index (κ3) is 7.86. The maximum atomic E-state index is 14.1. The first-order chi connectivity index (χ1) is 18.8. The molecule has 40 heavy (non-hydrogen) atoms. The van der Waals surface area contributed by atoms with Crippen LogP contribution >= 0.6 is 11.6 Å². The van der Waals surface area contributed by atoms with Gasteiger partial charge in [-0.05, 0) is 75.9 Å². The molecule has 0 aliphatic carbocycles. The average molecular weight is 584 g/mol. The number of benzene rings is 3. The predicted octanol–water partition coefficient (Wildman–Crippen LogP) is 5.61. The monoisotopic (exact) mass is 583 g/mol. The normalized spacial score (nSPS) is 12.4. The molecule has 1 N–H and O–H groups in total. The van der Waals surface area contributed by atoms with Gasteiger partial charge in [0.15, 0.2) is 0 Å². The van der Waals surface area contributed by atoms with Crippen LogP contribution in [0.2, 0.25) is 5.02 Å². The summed E-state index contributed by atoms with van der Waals surface area (Å²) < 4.78 is 28.9. The van der Waals surface area contributed by atoms with Crippen LogP contribution < -0.4 is 9.62 Å². The summed E-state index contributed by atoms with van der Waals surface area (Å²) in [6.45, 7) is 8.94. The minimum atomic E-state index is -4.14. The van der Waals surface area contributed by atoms with E-state index in [0.717, 1.165) is 9.87 Å². The molecule has 9 heteroatoms. The van der Waals surface area contributed by atoms with Crippen LogP contribution in [0.4, 0.5) is 5.69 Å². The molecule has 0 aliphatic heterocycles. The van der Waals surface area contributed by atoms with Gasteiger partial charge < -0.3 is 10.2 Å². The summed E-state index contributed by atoms with van der Waals surface area (Å²) in [5, 5.41) is 3.36. The molecule has 214 valence electrons. The summed E-state index contributed by atoms with van der Waals surface area (Å²) in [4.78, 5) is 29.0. The van der Waals surface area contributed by atoms with Gasteiger partial charge in [0.2, 0.25) is 11.8 Å². The second-order valence-corrected chi connectivity index (χ2v) is 13.0. The second-order valence-electron chi connectivity index (χ2n) is 10.7. The van der Waals surface area contributed by atoms with Crippen molar-refractivity contribution in [3.63, 3.8) is 0 Å². The largest absolute Gasteiger partial charge is 0.350 e. The zero-order chi connectivity index (χ0) is 29.5. The number of nitrogens with one attached hydrogen (secondary N) is 1. The maximum Gasteiger partial charge on any atom is 0.264 e. The lowest BCUT2D eigenvalue weighted by molar-refractivity contribution is -0.140. The maximum absolute atomic E-state index is 14.1. The van der Waals surface area contributed by atoms with E-state index in [1.54, 1.807) is 43.3 Å².